The summed E-state index contributed by atoms with van der Waals surface area (Å²) in [6.07, 6.45) is 50.6. The summed E-state index contributed by atoms with van der Waals surface area (Å²) in [4.78, 5) is 30.7. The van der Waals surface area contributed by atoms with Crippen molar-refractivity contribution in [3.8, 4) is 0 Å². The van der Waals surface area contributed by atoms with Crippen molar-refractivity contribution in [3.05, 3.63) is 36.5 Å². The summed E-state index contributed by atoms with van der Waals surface area (Å²) in [5.41, 5.74) is 0. The molecule has 3 N–H and O–H groups in total. The molecule has 0 aliphatic heterocycles. The zero-order valence-corrected chi connectivity index (χ0v) is 46.1. The van der Waals surface area contributed by atoms with E-state index in [-0.39, 0.29) is 59.3 Å². The van der Waals surface area contributed by atoms with Crippen LogP contribution < -0.4 is 20.4 Å². The van der Waals surface area contributed by atoms with Crippen molar-refractivity contribution in [1.29, 1.82) is 0 Å². The van der Waals surface area contributed by atoms with Gasteiger partial charge in [-0.1, -0.05) is 206 Å². The summed E-state index contributed by atoms with van der Waals surface area (Å²) >= 11 is 0. The average Bonchev–Trinajstić information content (AvgIpc) is 3.27. The Morgan fingerprint density at radius 2 is 0.574 bits per heavy atom. The number of aliphatic hydroxyl groups excluding tert-OH is 3. The van der Waals surface area contributed by atoms with Crippen LogP contribution in [0.25, 0.3) is 0 Å². The molecule has 3 atom stereocenters. The SMILES string of the molecule is CC(C)[O-].CCCCCCC(O)CC=CCCCCCCCC(=O)[O-].CCCCCCC(O)CC=CCCCCCCCC(=O)[O-].CCCCCCC(O)CC=CCCCCCCCC(=O)[O-].[Ti+4]. The third-order valence-electron chi connectivity index (χ3n) is 11.2. The average molecular weight is 999 g/mol. The van der Waals surface area contributed by atoms with Gasteiger partial charge in [-0.25, -0.2) is 0 Å². The van der Waals surface area contributed by atoms with E-state index in [2.05, 4.69) is 57.2 Å². The van der Waals surface area contributed by atoms with Crippen LogP contribution in [0.15, 0.2) is 36.5 Å². The number of rotatable bonds is 45. The molecule has 11 heteroatoms. The molecule has 0 radical (unpaired) electrons. The maximum Gasteiger partial charge on any atom is 4.00 e. The first-order chi connectivity index (χ1) is 32.2. The summed E-state index contributed by atoms with van der Waals surface area (Å²) in [6.45, 7) is 9.81. The van der Waals surface area contributed by atoms with Crippen LogP contribution in [0, 0.1) is 0 Å². The Balaban J connectivity index is -0.000000278. The minimum absolute atomic E-state index is 0. The van der Waals surface area contributed by atoms with E-state index in [1.807, 2.05) is 0 Å². The molecule has 0 rings (SSSR count). The molecule has 0 amide bonds. The molecule has 0 aliphatic carbocycles. The first-order valence-corrected chi connectivity index (χ1v) is 27.5. The van der Waals surface area contributed by atoms with Crippen LogP contribution in [0.4, 0.5) is 0 Å². The second kappa shape index (κ2) is 65.2. The third kappa shape index (κ3) is 84.1. The molecule has 68 heavy (non-hydrogen) atoms. The zero-order chi connectivity index (χ0) is 50.9. The Labute approximate surface area is 433 Å². The predicted octanol–water partition coefficient (Wildman–Crippen LogP) is 11.0. The van der Waals surface area contributed by atoms with Gasteiger partial charge < -0.3 is 50.1 Å². The second-order valence-corrected chi connectivity index (χ2v) is 18.7. The van der Waals surface area contributed by atoms with Crippen molar-refractivity contribution in [2.24, 2.45) is 0 Å². The van der Waals surface area contributed by atoms with Gasteiger partial charge in [0.2, 0.25) is 0 Å². The number of carbonyl (C=O) groups excluding carboxylic acids is 3. The van der Waals surface area contributed by atoms with E-state index in [0.29, 0.717) is 0 Å². The van der Waals surface area contributed by atoms with Crippen LogP contribution in [-0.2, 0) is 36.1 Å². The van der Waals surface area contributed by atoms with Gasteiger partial charge in [0, 0.05) is 17.9 Å². The van der Waals surface area contributed by atoms with Gasteiger partial charge in [-0.3, -0.25) is 0 Å². The van der Waals surface area contributed by atoms with Crippen LogP contribution in [0.3, 0.4) is 0 Å². The number of hydrogen-bond acceptors (Lipinski definition) is 10. The van der Waals surface area contributed by atoms with E-state index >= 15 is 0 Å². The van der Waals surface area contributed by atoms with Crippen molar-refractivity contribution in [2.75, 3.05) is 0 Å². The van der Waals surface area contributed by atoms with Gasteiger partial charge in [0.1, 0.15) is 0 Å². The Bertz CT molecular complexity index is 965. The number of carboxylic acid groups (broad SMARTS) is 3. The molecule has 0 heterocycles. The van der Waals surface area contributed by atoms with E-state index in [1.54, 1.807) is 13.8 Å². The van der Waals surface area contributed by atoms with Crippen molar-refractivity contribution in [1.82, 2.24) is 0 Å². The molecular formula is C57H106O10Ti. The second-order valence-electron chi connectivity index (χ2n) is 18.7. The number of hydrogen-bond donors (Lipinski definition) is 3. The maximum atomic E-state index is 10.2. The minimum Gasteiger partial charge on any atom is -0.852 e. The number of allylic oxidation sites excluding steroid dienone is 3. The summed E-state index contributed by atoms with van der Waals surface area (Å²) in [5.74, 6) is -2.82. The first-order valence-electron chi connectivity index (χ1n) is 27.5. The monoisotopic (exact) mass is 999 g/mol. The fourth-order valence-electron chi connectivity index (χ4n) is 7.07. The van der Waals surface area contributed by atoms with E-state index < -0.39 is 24.0 Å². The number of unbranched alkanes of at least 4 members (excludes halogenated alkanes) is 24. The van der Waals surface area contributed by atoms with Crippen molar-refractivity contribution in [3.63, 3.8) is 0 Å². The van der Waals surface area contributed by atoms with E-state index in [9.17, 15) is 50.1 Å². The molecule has 10 nitrogen and oxygen atoms in total. The third-order valence-corrected chi connectivity index (χ3v) is 11.2. The Hall–Kier alpha value is -1.82. The number of carboxylic acids is 3. The molecular weight excluding hydrogens is 892 g/mol. The van der Waals surface area contributed by atoms with Crippen LogP contribution in [0.2, 0.25) is 0 Å². The molecule has 0 saturated carbocycles. The van der Waals surface area contributed by atoms with Crippen LogP contribution in [0.5, 0.6) is 0 Å². The van der Waals surface area contributed by atoms with Crippen molar-refractivity contribution < 1.29 is 71.8 Å². The fourth-order valence-corrected chi connectivity index (χ4v) is 7.07. The van der Waals surface area contributed by atoms with Crippen LogP contribution in [-0.4, -0.2) is 57.6 Å². The molecule has 0 saturated heterocycles. The van der Waals surface area contributed by atoms with Crippen LogP contribution in [0.1, 0.15) is 285 Å². The molecule has 0 bridgehead atoms. The molecule has 0 aromatic rings. The first kappa shape index (κ1) is 75.1. The van der Waals surface area contributed by atoms with Gasteiger partial charge in [0.05, 0.1) is 18.3 Å². The van der Waals surface area contributed by atoms with Gasteiger partial charge in [-0.15, -0.1) is 6.10 Å². The van der Waals surface area contributed by atoms with Crippen molar-refractivity contribution >= 4 is 17.9 Å². The molecule has 398 valence electrons. The normalized spacial score (nSPS) is 12.4. The molecule has 0 spiro atoms. The van der Waals surface area contributed by atoms with Gasteiger partial charge in [0.15, 0.2) is 0 Å². The number of carbonyl (C=O) groups is 3. The quantitative estimate of drug-likeness (QED) is 0.0299. The fraction of sp³-hybridized carbons (Fsp3) is 0.842. The van der Waals surface area contributed by atoms with E-state index in [0.717, 1.165) is 173 Å². The number of aliphatic hydroxyl groups is 3. The largest absolute Gasteiger partial charge is 4.00 e. The summed E-state index contributed by atoms with van der Waals surface area (Å²) in [6, 6.07) is 0. The summed E-state index contributed by atoms with van der Waals surface area (Å²) in [5, 5.41) is 69.6. The zero-order valence-electron chi connectivity index (χ0n) is 44.6. The van der Waals surface area contributed by atoms with Gasteiger partial charge >= 0.3 is 21.7 Å². The Kier molecular flexibility index (Phi) is 72.0. The summed E-state index contributed by atoms with van der Waals surface area (Å²) < 4.78 is 0. The molecule has 0 aliphatic rings. The Morgan fingerprint density at radius 1 is 0.368 bits per heavy atom. The van der Waals surface area contributed by atoms with Crippen LogP contribution >= 0.6 is 0 Å². The minimum atomic E-state index is -0.939. The topological polar surface area (TPSA) is 204 Å². The number of aliphatic carboxylic acids is 3. The van der Waals surface area contributed by atoms with E-state index in [4.69, 9.17) is 0 Å². The molecule has 0 fully saturated rings. The smallest absolute Gasteiger partial charge is 0.852 e. The molecule has 3 unspecified atom stereocenters. The van der Waals surface area contributed by atoms with Gasteiger partial charge in [-0.2, -0.15) is 0 Å². The van der Waals surface area contributed by atoms with E-state index in [1.165, 1.54) is 57.8 Å². The maximum absolute atomic E-state index is 10.2. The molecule has 0 aromatic carbocycles. The summed E-state index contributed by atoms with van der Waals surface area (Å²) in [7, 11) is 0. The van der Waals surface area contributed by atoms with Crippen molar-refractivity contribution in [2.45, 2.75) is 309 Å². The standard InChI is InChI=1S/3C18H34O3.C3H7O.Ti/c3*1-2-3-4-11-14-17(19)15-12-9-7-5-6-8-10-13-16-18(20)21;1-3(2)4;/h3*9,12,17,19H,2-8,10-11,13-16H2,1H3,(H,20,21);3H,1-2H3;/q;;;-1;+4/p-3. The Morgan fingerprint density at radius 3 is 0.794 bits per heavy atom. The van der Waals surface area contributed by atoms with Gasteiger partial charge in [0.25, 0.3) is 0 Å². The predicted molar refractivity (Wildman–Crippen MR) is 273 cm³/mol. The molecule has 0 aromatic heterocycles. The van der Waals surface area contributed by atoms with Gasteiger partial charge in [-0.05, 0) is 116 Å².